The number of nitrogens with zero attached hydrogens (tertiary/aromatic N) is 2. The maximum absolute atomic E-state index is 13.5. The zero-order chi connectivity index (χ0) is 21.5. The van der Waals surface area contributed by atoms with Gasteiger partial charge in [-0.1, -0.05) is 70.2 Å². The SMILES string of the molecule is O=C1C(=C2C(=O)N(Cc3ccccc3)c3ccc(Br)cc32)SC(=S)N1Cc1ccco1. The fraction of sp³-hybridized carbons (Fsp3) is 0.0870. The van der Waals surface area contributed by atoms with Crippen LogP contribution in [0.2, 0.25) is 0 Å². The van der Waals surface area contributed by atoms with Crippen LogP contribution in [0.1, 0.15) is 16.9 Å². The standard InChI is InChI=1S/C23H15BrN2O3S2/c24-15-8-9-18-17(11-15)19(21(27)25(18)12-14-5-2-1-3-6-14)20-22(28)26(23(30)31-20)13-16-7-4-10-29-16/h1-11H,12-13H2. The van der Waals surface area contributed by atoms with Crippen molar-refractivity contribution in [3.05, 3.63) is 93.2 Å². The van der Waals surface area contributed by atoms with Gasteiger partial charge in [-0.25, -0.2) is 0 Å². The highest BCUT2D eigenvalue weighted by molar-refractivity contribution is 9.10. The third kappa shape index (κ3) is 3.64. The molecule has 3 aromatic rings. The third-order valence-corrected chi connectivity index (χ3v) is 7.07. The number of benzene rings is 2. The van der Waals surface area contributed by atoms with Crippen LogP contribution in [0.15, 0.2) is 80.7 Å². The van der Waals surface area contributed by atoms with Crippen LogP contribution in [0.25, 0.3) is 5.57 Å². The molecule has 0 saturated carbocycles. The van der Waals surface area contributed by atoms with E-state index in [0.717, 1.165) is 21.3 Å². The first-order valence-electron chi connectivity index (χ1n) is 9.49. The molecule has 31 heavy (non-hydrogen) atoms. The van der Waals surface area contributed by atoms with Gasteiger partial charge in [-0.15, -0.1) is 0 Å². The van der Waals surface area contributed by atoms with Crippen molar-refractivity contribution in [1.82, 2.24) is 4.90 Å². The van der Waals surface area contributed by atoms with E-state index in [1.807, 2.05) is 48.5 Å². The molecule has 5 nitrogen and oxygen atoms in total. The van der Waals surface area contributed by atoms with Crippen LogP contribution in [-0.2, 0) is 22.7 Å². The Balaban J connectivity index is 1.56. The van der Waals surface area contributed by atoms with E-state index in [0.29, 0.717) is 27.1 Å². The van der Waals surface area contributed by atoms with Crippen molar-refractivity contribution >= 4 is 67.3 Å². The molecule has 5 rings (SSSR count). The smallest absolute Gasteiger partial charge is 0.267 e. The molecule has 2 aliphatic rings. The first-order valence-corrected chi connectivity index (χ1v) is 11.5. The molecule has 0 N–H and O–H groups in total. The number of furan rings is 1. The van der Waals surface area contributed by atoms with Crippen molar-refractivity contribution in [3.63, 3.8) is 0 Å². The van der Waals surface area contributed by atoms with E-state index in [2.05, 4.69) is 15.9 Å². The fourth-order valence-electron chi connectivity index (χ4n) is 3.69. The average Bonchev–Trinajstić information content (AvgIpc) is 3.44. The Labute approximate surface area is 196 Å². The predicted octanol–water partition coefficient (Wildman–Crippen LogP) is 5.36. The lowest BCUT2D eigenvalue weighted by atomic mass is 10.1. The monoisotopic (exact) mass is 510 g/mol. The van der Waals surface area contributed by atoms with Gasteiger partial charge in [0.05, 0.1) is 35.5 Å². The van der Waals surface area contributed by atoms with Crippen LogP contribution in [0.4, 0.5) is 5.69 Å². The van der Waals surface area contributed by atoms with Gasteiger partial charge in [-0.3, -0.25) is 14.5 Å². The molecule has 0 aliphatic carbocycles. The number of carbonyl (C=O) groups excluding carboxylic acids is 2. The highest BCUT2D eigenvalue weighted by atomic mass is 79.9. The summed E-state index contributed by atoms with van der Waals surface area (Å²) in [5, 5.41) is 0. The summed E-state index contributed by atoms with van der Waals surface area (Å²) in [5.41, 5.74) is 2.92. The van der Waals surface area contributed by atoms with E-state index in [-0.39, 0.29) is 18.4 Å². The number of anilines is 1. The van der Waals surface area contributed by atoms with E-state index < -0.39 is 0 Å². The summed E-state index contributed by atoms with van der Waals surface area (Å²) in [7, 11) is 0. The quantitative estimate of drug-likeness (QED) is 0.349. The number of rotatable bonds is 4. The van der Waals surface area contributed by atoms with Crippen molar-refractivity contribution in [1.29, 1.82) is 0 Å². The maximum Gasteiger partial charge on any atom is 0.267 e. The molecule has 2 aromatic carbocycles. The second-order valence-electron chi connectivity index (χ2n) is 7.08. The number of hydrogen-bond donors (Lipinski definition) is 0. The molecule has 1 saturated heterocycles. The van der Waals surface area contributed by atoms with Gasteiger partial charge in [0.1, 0.15) is 10.1 Å². The van der Waals surface area contributed by atoms with Crippen LogP contribution >= 0.6 is 39.9 Å². The van der Waals surface area contributed by atoms with Crippen molar-refractivity contribution in [2.45, 2.75) is 13.1 Å². The number of fused-ring (bicyclic) bond motifs is 1. The second-order valence-corrected chi connectivity index (χ2v) is 9.64. The van der Waals surface area contributed by atoms with Gasteiger partial charge in [-0.05, 0) is 35.9 Å². The van der Waals surface area contributed by atoms with Gasteiger partial charge in [0.25, 0.3) is 11.8 Å². The summed E-state index contributed by atoms with van der Waals surface area (Å²) in [4.78, 5) is 30.4. The molecule has 154 valence electrons. The molecule has 2 amide bonds. The van der Waals surface area contributed by atoms with Crippen LogP contribution in [0.5, 0.6) is 0 Å². The number of carbonyl (C=O) groups is 2. The van der Waals surface area contributed by atoms with Gasteiger partial charge in [0.2, 0.25) is 0 Å². The Morgan fingerprint density at radius 2 is 1.74 bits per heavy atom. The number of thioether (sulfide) groups is 1. The first-order chi connectivity index (χ1) is 15.0. The molecule has 2 aliphatic heterocycles. The van der Waals surface area contributed by atoms with Gasteiger partial charge >= 0.3 is 0 Å². The lowest BCUT2D eigenvalue weighted by Crippen LogP contribution is -2.29. The summed E-state index contributed by atoms with van der Waals surface area (Å²) in [6.45, 7) is 0.659. The first kappa shape index (κ1) is 20.2. The largest absolute Gasteiger partial charge is 0.467 e. The highest BCUT2D eigenvalue weighted by Crippen LogP contribution is 2.46. The van der Waals surface area contributed by atoms with Crippen LogP contribution < -0.4 is 4.90 Å². The number of amides is 2. The van der Waals surface area contributed by atoms with E-state index in [1.54, 1.807) is 23.3 Å². The zero-order valence-electron chi connectivity index (χ0n) is 16.1. The van der Waals surface area contributed by atoms with Gasteiger partial charge < -0.3 is 9.32 Å². The molecule has 1 fully saturated rings. The summed E-state index contributed by atoms with van der Waals surface area (Å²) in [5.74, 6) is 0.159. The fourth-order valence-corrected chi connectivity index (χ4v) is 5.38. The zero-order valence-corrected chi connectivity index (χ0v) is 19.3. The summed E-state index contributed by atoms with van der Waals surface area (Å²) in [6.07, 6.45) is 1.56. The molecule has 3 heterocycles. The lowest BCUT2D eigenvalue weighted by Gasteiger charge is -2.17. The Kier molecular flexibility index (Phi) is 5.29. The number of halogens is 1. The van der Waals surface area contributed by atoms with Crippen molar-refractivity contribution in [2.75, 3.05) is 4.90 Å². The molecule has 0 atom stereocenters. The average molecular weight is 511 g/mol. The predicted molar refractivity (Wildman–Crippen MR) is 128 cm³/mol. The van der Waals surface area contributed by atoms with E-state index in [9.17, 15) is 9.59 Å². The lowest BCUT2D eigenvalue weighted by molar-refractivity contribution is -0.123. The number of hydrogen-bond acceptors (Lipinski definition) is 5. The van der Waals surface area contributed by atoms with Crippen LogP contribution in [-0.4, -0.2) is 21.0 Å². The molecule has 0 unspecified atom stereocenters. The van der Waals surface area contributed by atoms with Crippen LogP contribution in [0, 0.1) is 0 Å². The van der Waals surface area contributed by atoms with Gasteiger partial charge in [-0.2, -0.15) is 0 Å². The minimum atomic E-state index is -0.276. The summed E-state index contributed by atoms with van der Waals surface area (Å²) in [6, 6.07) is 19.0. The minimum absolute atomic E-state index is 0.199. The number of thiocarbonyl (C=S) groups is 1. The summed E-state index contributed by atoms with van der Waals surface area (Å²) >= 11 is 10.1. The van der Waals surface area contributed by atoms with Crippen molar-refractivity contribution < 1.29 is 14.0 Å². The van der Waals surface area contributed by atoms with Crippen molar-refractivity contribution in [2.24, 2.45) is 0 Å². The Hall–Kier alpha value is -2.68. The Morgan fingerprint density at radius 1 is 0.935 bits per heavy atom. The van der Waals surface area contributed by atoms with E-state index >= 15 is 0 Å². The van der Waals surface area contributed by atoms with Crippen molar-refractivity contribution in [3.8, 4) is 0 Å². The Bertz CT molecular complexity index is 1240. The van der Waals surface area contributed by atoms with E-state index in [1.165, 1.54) is 16.7 Å². The maximum atomic E-state index is 13.5. The molecule has 1 aromatic heterocycles. The molecule has 0 spiro atoms. The molecular formula is C23H15BrN2O3S2. The molecule has 0 bridgehead atoms. The minimum Gasteiger partial charge on any atom is -0.467 e. The van der Waals surface area contributed by atoms with Gasteiger partial charge in [0.15, 0.2) is 0 Å². The van der Waals surface area contributed by atoms with E-state index in [4.69, 9.17) is 16.6 Å². The Morgan fingerprint density at radius 3 is 2.48 bits per heavy atom. The normalized spacial score (nSPS) is 18.3. The van der Waals surface area contributed by atoms with Gasteiger partial charge in [0, 0.05) is 10.0 Å². The molecule has 8 heteroatoms. The highest BCUT2D eigenvalue weighted by Gasteiger charge is 2.42. The molecular weight excluding hydrogens is 496 g/mol. The van der Waals surface area contributed by atoms with Crippen LogP contribution in [0.3, 0.4) is 0 Å². The summed E-state index contributed by atoms with van der Waals surface area (Å²) < 4.78 is 6.62. The second kappa shape index (κ2) is 8.11. The topological polar surface area (TPSA) is 53.8 Å². The third-order valence-electron chi connectivity index (χ3n) is 5.13. The molecule has 0 radical (unpaired) electrons.